The topological polar surface area (TPSA) is 48.8 Å². The van der Waals surface area contributed by atoms with E-state index in [4.69, 9.17) is 5.53 Å². The molecule has 0 N–H and O–H groups in total. The van der Waals surface area contributed by atoms with Crippen LogP contribution in [0.3, 0.4) is 0 Å². The van der Waals surface area contributed by atoms with E-state index in [0.717, 1.165) is 6.07 Å². The van der Waals surface area contributed by atoms with E-state index in [-0.39, 0.29) is 18.5 Å². The fourth-order valence-corrected chi connectivity index (χ4v) is 1.23. The van der Waals surface area contributed by atoms with Gasteiger partial charge in [0, 0.05) is 11.5 Å². The maximum absolute atomic E-state index is 12.5. The van der Waals surface area contributed by atoms with Crippen molar-refractivity contribution < 1.29 is 13.2 Å². The summed E-state index contributed by atoms with van der Waals surface area (Å²) in [7, 11) is 0. The van der Waals surface area contributed by atoms with Crippen LogP contribution >= 0.6 is 0 Å². The van der Waals surface area contributed by atoms with Crippen LogP contribution in [0.5, 0.6) is 0 Å². The molecule has 0 saturated heterocycles. The summed E-state index contributed by atoms with van der Waals surface area (Å²) in [6, 6.07) is 5.27. The average molecular weight is 215 g/mol. The zero-order valence-corrected chi connectivity index (χ0v) is 7.70. The lowest BCUT2D eigenvalue weighted by atomic mass is 10.0. The molecule has 0 fully saturated rings. The quantitative estimate of drug-likeness (QED) is 0.420. The molecular formula is C9H8F3N3. The Balaban J connectivity index is 2.91. The van der Waals surface area contributed by atoms with Gasteiger partial charge in [-0.2, -0.15) is 13.2 Å². The molecule has 0 heterocycles. The van der Waals surface area contributed by atoms with E-state index in [1.165, 1.54) is 18.2 Å². The van der Waals surface area contributed by atoms with E-state index in [1.54, 1.807) is 0 Å². The fraction of sp³-hybridized carbons (Fsp3) is 0.333. The van der Waals surface area contributed by atoms with E-state index in [9.17, 15) is 13.2 Å². The lowest BCUT2D eigenvalue weighted by Gasteiger charge is -2.11. The molecule has 80 valence electrons. The van der Waals surface area contributed by atoms with Crippen LogP contribution in [0.2, 0.25) is 0 Å². The summed E-state index contributed by atoms with van der Waals surface area (Å²) in [6.45, 7) is 0.0313. The van der Waals surface area contributed by atoms with Crippen LogP contribution < -0.4 is 0 Å². The highest BCUT2D eigenvalue weighted by molar-refractivity contribution is 5.29. The standard InChI is InChI=1S/C9H8F3N3/c10-9(11,12)8-4-2-1-3-7(8)5-6-14-15-13/h1-4H,5-6H2. The van der Waals surface area contributed by atoms with Gasteiger partial charge >= 0.3 is 6.18 Å². The van der Waals surface area contributed by atoms with Gasteiger partial charge in [-0.1, -0.05) is 23.3 Å². The molecule has 1 aromatic rings. The third-order valence-corrected chi connectivity index (χ3v) is 1.87. The van der Waals surface area contributed by atoms with Gasteiger partial charge in [0.1, 0.15) is 0 Å². The van der Waals surface area contributed by atoms with Gasteiger partial charge in [0.15, 0.2) is 0 Å². The Hall–Kier alpha value is -1.68. The first-order chi connectivity index (χ1) is 7.05. The Morgan fingerprint density at radius 2 is 1.93 bits per heavy atom. The second kappa shape index (κ2) is 4.70. The Morgan fingerprint density at radius 1 is 1.27 bits per heavy atom. The van der Waals surface area contributed by atoms with E-state index in [2.05, 4.69) is 10.0 Å². The van der Waals surface area contributed by atoms with Crippen LogP contribution in [0.25, 0.3) is 10.4 Å². The third kappa shape index (κ3) is 3.18. The minimum absolute atomic E-state index is 0.0313. The Morgan fingerprint density at radius 3 is 2.53 bits per heavy atom. The molecule has 0 aliphatic rings. The normalized spacial score (nSPS) is 10.9. The van der Waals surface area contributed by atoms with E-state index < -0.39 is 11.7 Å². The minimum Gasteiger partial charge on any atom is -0.166 e. The third-order valence-electron chi connectivity index (χ3n) is 1.87. The summed E-state index contributed by atoms with van der Waals surface area (Å²) in [5.74, 6) is 0. The van der Waals surface area contributed by atoms with E-state index in [1.807, 2.05) is 0 Å². The average Bonchev–Trinajstić information content (AvgIpc) is 2.17. The van der Waals surface area contributed by atoms with E-state index >= 15 is 0 Å². The molecule has 0 unspecified atom stereocenters. The lowest BCUT2D eigenvalue weighted by molar-refractivity contribution is -0.138. The summed E-state index contributed by atoms with van der Waals surface area (Å²) in [5, 5.41) is 3.20. The van der Waals surface area contributed by atoms with Gasteiger partial charge in [-0.25, -0.2) is 0 Å². The van der Waals surface area contributed by atoms with Crippen LogP contribution in [-0.4, -0.2) is 6.54 Å². The van der Waals surface area contributed by atoms with Crippen molar-refractivity contribution in [1.82, 2.24) is 0 Å². The molecule has 0 aliphatic heterocycles. The predicted molar refractivity (Wildman–Crippen MR) is 49.2 cm³/mol. The molecule has 6 heteroatoms. The molecule has 0 saturated carbocycles. The monoisotopic (exact) mass is 215 g/mol. The highest BCUT2D eigenvalue weighted by Crippen LogP contribution is 2.31. The molecule has 0 amide bonds. The van der Waals surface area contributed by atoms with Gasteiger partial charge in [-0.15, -0.1) is 0 Å². The smallest absolute Gasteiger partial charge is 0.166 e. The number of hydrogen-bond acceptors (Lipinski definition) is 1. The van der Waals surface area contributed by atoms with Crippen LogP contribution in [0, 0.1) is 0 Å². The van der Waals surface area contributed by atoms with Gasteiger partial charge in [0.2, 0.25) is 0 Å². The molecular weight excluding hydrogens is 207 g/mol. The number of nitrogens with zero attached hydrogens (tertiary/aromatic N) is 3. The van der Waals surface area contributed by atoms with Crippen molar-refractivity contribution in [2.45, 2.75) is 12.6 Å². The van der Waals surface area contributed by atoms with Crippen molar-refractivity contribution in [3.63, 3.8) is 0 Å². The van der Waals surface area contributed by atoms with Crippen LogP contribution in [0.15, 0.2) is 29.4 Å². The number of azide groups is 1. The maximum Gasteiger partial charge on any atom is 0.416 e. The zero-order valence-electron chi connectivity index (χ0n) is 7.70. The maximum atomic E-state index is 12.5. The number of benzene rings is 1. The number of rotatable bonds is 3. The molecule has 3 nitrogen and oxygen atoms in total. The van der Waals surface area contributed by atoms with Crippen molar-refractivity contribution in [1.29, 1.82) is 0 Å². The van der Waals surface area contributed by atoms with Crippen LogP contribution in [-0.2, 0) is 12.6 Å². The highest BCUT2D eigenvalue weighted by Gasteiger charge is 2.32. The molecule has 0 aromatic heterocycles. The second-order valence-corrected chi connectivity index (χ2v) is 2.86. The number of halogens is 3. The summed E-state index contributed by atoms with van der Waals surface area (Å²) < 4.78 is 37.4. The summed E-state index contributed by atoms with van der Waals surface area (Å²) in [5.41, 5.74) is 7.49. The minimum atomic E-state index is -4.35. The number of hydrogen-bond donors (Lipinski definition) is 0. The SMILES string of the molecule is [N-]=[N+]=NCCc1ccccc1C(F)(F)F. The van der Waals surface area contributed by atoms with Crippen LogP contribution in [0.1, 0.15) is 11.1 Å². The lowest BCUT2D eigenvalue weighted by Crippen LogP contribution is -2.09. The molecule has 1 rings (SSSR count). The summed E-state index contributed by atoms with van der Waals surface area (Å²) >= 11 is 0. The molecule has 15 heavy (non-hydrogen) atoms. The molecule has 0 aliphatic carbocycles. The molecule has 0 atom stereocenters. The zero-order chi connectivity index (χ0) is 11.3. The van der Waals surface area contributed by atoms with Crippen molar-refractivity contribution >= 4 is 0 Å². The highest BCUT2D eigenvalue weighted by atomic mass is 19.4. The van der Waals surface area contributed by atoms with Gasteiger partial charge < -0.3 is 0 Å². The van der Waals surface area contributed by atoms with Crippen molar-refractivity contribution in [3.8, 4) is 0 Å². The van der Waals surface area contributed by atoms with Crippen molar-refractivity contribution in [2.75, 3.05) is 6.54 Å². The Kier molecular flexibility index (Phi) is 3.57. The Bertz CT molecular complexity index is 380. The van der Waals surface area contributed by atoms with Gasteiger partial charge in [0.05, 0.1) is 5.56 Å². The summed E-state index contributed by atoms with van der Waals surface area (Å²) in [6.07, 6.45) is -4.26. The molecule has 0 radical (unpaired) electrons. The van der Waals surface area contributed by atoms with E-state index in [0.29, 0.717) is 0 Å². The fourth-order valence-electron chi connectivity index (χ4n) is 1.23. The van der Waals surface area contributed by atoms with Gasteiger partial charge in [0.25, 0.3) is 0 Å². The summed E-state index contributed by atoms with van der Waals surface area (Å²) in [4.78, 5) is 2.49. The largest absolute Gasteiger partial charge is 0.416 e. The van der Waals surface area contributed by atoms with Gasteiger partial charge in [-0.3, -0.25) is 0 Å². The van der Waals surface area contributed by atoms with Crippen molar-refractivity contribution in [2.24, 2.45) is 5.11 Å². The molecule has 0 bridgehead atoms. The molecule has 1 aromatic carbocycles. The second-order valence-electron chi connectivity index (χ2n) is 2.86. The van der Waals surface area contributed by atoms with Crippen molar-refractivity contribution in [3.05, 3.63) is 45.8 Å². The van der Waals surface area contributed by atoms with Crippen LogP contribution in [0.4, 0.5) is 13.2 Å². The Labute approximate surface area is 84.2 Å². The first-order valence-electron chi connectivity index (χ1n) is 4.21. The first kappa shape index (κ1) is 11.4. The van der Waals surface area contributed by atoms with Gasteiger partial charge in [-0.05, 0) is 23.6 Å². The predicted octanol–water partition coefficient (Wildman–Crippen LogP) is 3.56. The number of alkyl halides is 3. The molecule has 0 spiro atoms. The first-order valence-corrected chi connectivity index (χ1v) is 4.21.